The number of aryl methyl sites for hydroxylation is 1. The molecular formula is C21H20N6O3. The van der Waals surface area contributed by atoms with E-state index < -0.39 is 0 Å². The summed E-state index contributed by atoms with van der Waals surface area (Å²) in [6.07, 6.45) is 4.78. The standard InChI is InChI=1S/C21H20N6O3/c1-2-14-3-5-16(6-4-14)23-18(28)13-27-19(29)8-7-17(25-27)21-24-20(26-30-21)15-9-11-22-12-10-15/h3-6,9-12H,2,7-8,13H2,1H3,(H,23,28). The molecule has 0 atom stereocenters. The summed E-state index contributed by atoms with van der Waals surface area (Å²) >= 11 is 0. The largest absolute Gasteiger partial charge is 0.332 e. The van der Waals surface area contributed by atoms with E-state index in [4.69, 9.17) is 4.52 Å². The lowest BCUT2D eigenvalue weighted by atomic mass is 10.1. The number of amides is 2. The van der Waals surface area contributed by atoms with E-state index in [2.05, 4.69) is 32.5 Å². The van der Waals surface area contributed by atoms with Gasteiger partial charge in [-0.3, -0.25) is 14.6 Å². The van der Waals surface area contributed by atoms with Crippen molar-refractivity contribution in [3.8, 4) is 11.4 Å². The molecule has 0 radical (unpaired) electrons. The third-order valence-corrected chi connectivity index (χ3v) is 4.66. The van der Waals surface area contributed by atoms with Crippen molar-refractivity contribution in [3.63, 3.8) is 0 Å². The molecule has 1 aliphatic heterocycles. The van der Waals surface area contributed by atoms with Crippen molar-refractivity contribution in [2.75, 3.05) is 11.9 Å². The van der Waals surface area contributed by atoms with Gasteiger partial charge in [-0.2, -0.15) is 10.1 Å². The highest BCUT2D eigenvalue weighted by Crippen LogP contribution is 2.18. The molecule has 0 spiro atoms. The zero-order valence-electron chi connectivity index (χ0n) is 16.4. The number of rotatable bonds is 6. The molecule has 1 N–H and O–H groups in total. The first-order chi connectivity index (χ1) is 14.6. The summed E-state index contributed by atoms with van der Waals surface area (Å²) < 4.78 is 5.31. The van der Waals surface area contributed by atoms with Gasteiger partial charge in [0.25, 0.3) is 5.89 Å². The number of hydrogen-bond acceptors (Lipinski definition) is 7. The van der Waals surface area contributed by atoms with Gasteiger partial charge in [0, 0.05) is 36.5 Å². The summed E-state index contributed by atoms with van der Waals surface area (Å²) in [5, 5.41) is 12.2. The summed E-state index contributed by atoms with van der Waals surface area (Å²) in [5.74, 6) is 0.0754. The topological polar surface area (TPSA) is 114 Å². The predicted molar refractivity (Wildman–Crippen MR) is 109 cm³/mol. The molecule has 0 aliphatic carbocycles. The number of aromatic nitrogens is 3. The first-order valence-electron chi connectivity index (χ1n) is 9.63. The third-order valence-electron chi connectivity index (χ3n) is 4.66. The molecule has 0 unspecified atom stereocenters. The molecule has 3 heterocycles. The van der Waals surface area contributed by atoms with E-state index in [-0.39, 0.29) is 30.7 Å². The Bertz CT molecular complexity index is 1080. The summed E-state index contributed by atoms with van der Waals surface area (Å²) in [5.41, 5.74) is 3.09. The fourth-order valence-corrected chi connectivity index (χ4v) is 3.00. The van der Waals surface area contributed by atoms with E-state index in [1.54, 1.807) is 24.5 Å². The molecule has 0 fully saturated rings. The fourth-order valence-electron chi connectivity index (χ4n) is 3.00. The van der Waals surface area contributed by atoms with Crippen LogP contribution in [-0.2, 0) is 16.0 Å². The Morgan fingerprint density at radius 1 is 1.13 bits per heavy atom. The number of anilines is 1. The van der Waals surface area contributed by atoms with E-state index in [0.29, 0.717) is 23.6 Å². The lowest BCUT2D eigenvalue weighted by molar-refractivity contribution is -0.135. The number of carbonyl (C=O) groups is 2. The molecule has 0 bridgehead atoms. The van der Waals surface area contributed by atoms with Crippen molar-refractivity contribution in [1.82, 2.24) is 20.1 Å². The van der Waals surface area contributed by atoms with Crippen LogP contribution in [0.2, 0.25) is 0 Å². The van der Waals surface area contributed by atoms with Crippen molar-refractivity contribution in [1.29, 1.82) is 0 Å². The Hall–Kier alpha value is -3.88. The monoisotopic (exact) mass is 404 g/mol. The number of pyridine rings is 1. The predicted octanol–water partition coefficient (Wildman–Crippen LogP) is 2.66. The highest BCUT2D eigenvalue weighted by atomic mass is 16.5. The zero-order valence-corrected chi connectivity index (χ0v) is 16.4. The number of nitrogens with one attached hydrogen (secondary N) is 1. The lowest BCUT2D eigenvalue weighted by Gasteiger charge is -2.21. The quantitative estimate of drug-likeness (QED) is 0.676. The van der Waals surface area contributed by atoms with Crippen LogP contribution >= 0.6 is 0 Å². The van der Waals surface area contributed by atoms with Crippen LogP contribution in [0.1, 0.15) is 31.2 Å². The Balaban J connectivity index is 1.45. The zero-order chi connectivity index (χ0) is 20.9. The van der Waals surface area contributed by atoms with E-state index >= 15 is 0 Å². The van der Waals surface area contributed by atoms with Crippen LogP contribution in [-0.4, -0.2) is 44.2 Å². The first kappa shape index (κ1) is 19.4. The smallest absolute Gasteiger partial charge is 0.274 e. The second-order valence-electron chi connectivity index (χ2n) is 6.76. The molecule has 0 saturated carbocycles. The van der Waals surface area contributed by atoms with Gasteiger partial charge in [0.15, 0.2) is 0 Å². The average Bonchev–Trinajstić information content (AvgIpc) is 3.27. The van der Waals surface area contributed by atoms with Crippen LogP contribution in [0, 0.1) is 0 Å². The van der Waals surface area contributed by atoms with Crippen LogP contribution in [0.4, 0.5) is 5.69 Å². The molecule has 0 saturated heterocycles. The number of hydrazone groups is 1. The van der Waals surface area contributed by atoms with Crippen LogP contribution in [0.15, 0.2) is 58.4 Å². The Morgan fingerprint density at radius 3 is 2.63 bits per heavy atom. The van der Waals surface area contributed by atoms with Crippen LogP contribution in [0.5, 0.6) is 0 Å². The maximum Gasteiger partial charge on any atom is 0.274 e. The summed E-state index contributed by atoms with van der Waals surface area (Å²) in [6, 6.07) is 11.1. The van der Waals surface area contributed by atoms with Gasteiger partial charge in [0.2, 0.25) is 17.6 Å². The molecule has 152 valence electrons. The third kappa shape index (κ3) is 4.40. The van der Waals surface area contributed by atoms with E-state index in [1.165, 1.54) is 5.56 Å². The SMILES string of the molecule is CCc1ccc(NC(=O)CN2N=C(c3nc(-c4ccncc4)no3)CCC2=O)cc1. The van der Waals surface area contributed by atoms with E-state index in [0.717, 1.165) is 17.0 Å². The molecule has 9 nitrogen and oxygen atoms in total. The second kappa shape index (κ2) is 8.64. The highest BCUT2D eigenvalue weighted by Gasteiger charge is 2.26. The minimum absolute atomic E-state index is 0.191. The molecule has 30 heavy (non-hydrogen) atoms. The lowest BCUT2D eigenvalue weighted by Crippen LogP contribution is -2.38. The highest BCUT2D eigenvalue weighted by molar-refractivity contribution is 6.02. The summed E-state index contributed by atoms with van der Waals surface area (Å²) in [6.45, 7) is 1.87. The van der Waals surface area contributed by atoms with Crippen molar-refractivity contribution in [2.45, 2.75) is 26.2 Å². The molecule has 2 aromatic heterocycles. The Morgan fingerprint density at radius 2 is 1.90 bits per heavy atom. The van der Waals surface area contributed by atoms with Gasteiger partial charge >= 0.3 is 0 Å². The molecule has 2 amide bonds. The minimum Gasteiger partial charge on any atom is -0.332 e. The maximum atomic E-state index is 12.4. The van der Waals surface area contributed by atoms with Crippen molar-refractivity contribution < 1.29 is 14.1 Å². The number of hydrogen-bond donors (Lipinski definition) is 1. The van der Waals surface area contributed by atoms with Gasteiger partial charge < -0.3 is 9.84 Å². The Kier molecular flexibility index (Phi) is 5.60. The molecule has 1 aromatic carbocycles. The fraction of sp³-hybridized carbons (Fsp3) is 0.238. The first-order valence-corrected chi connectivity index (χ1v) is 9.63. The van der Waals surface area contributed by atoms with Gasteiger partial charge in [0.1, 0.15) is 12.3 Å². The maximum absolute atomic E-state index is 12.4. The van der Waals surface area contributed by atoms with Crippen molar-refractivity contribution >= 4 is 23.2 Å². The number of benzene rings is 1. The van der Waals surface area contributed by atoms with Gasteiger partial charge in [-0.25, -0.2) is 5.01 Å². The molecule has 4 rings (SSSR count). The molecule has 1 aliphatic rings. The van der Waals surface area contributed by atoms with Crippen LogP contribution < -0.4 is 5.32 Å². The van der Waals surface area contributed by atoms with E-state index in [1.807, 2.05) is 24.3 Å². The second-order valence-corrected chi connectivity index (χ2v) is 6.76. The van der Waals surface area contributed by atoms with Gasteiger partial charge in [-0.05, 0) is 36.2 Å². The normalized spacial score (nSPS) is 13.8. The van der Waals surface area contributed by atoms with Gasteiger partial charge in [-0.15, -0.1) is 0 Å². The van der Waals surface area contributed by atoms with Crippen LogP contribution in [0.3, 0.4) is 0 Å². The number of carbonyl (C=O) groups excluding carboxylic acids is 2. The molecule has 9 heteroatoms. The van der Waals surface area contributed by atoms with Crippen molar-refractivity contribution in [3.05, 3.63) is 60.2 Å². The molecular weight excluding hydrogens is 384 g/mol. The van der Waals surface area contributed by atoms with E-state index in [9.17, 15) is 9.59 Å². The van der Waals surface area contributed by atoms with Crippen molar-refractivity contribution in [2.24, 2.45) is 5.10 Å². The Labute approximate surface area is 172 Å². The van der Waals surface area contributed by atoms with Crippen LogP contribution in [0.25, 0.3) is 11.4 Å². The van der Waals surface area contributed by atoms with Gasteiger partial charge in [-0.1, -0.05) is 24.2 Å². The summed E-state index contributed by atoms with van der Waals surface area (Å²) in [4.78, 5) is 32.9. The summed E-state index contributed by atoms with van der Waals surface area (Å²) in [7, 11) is 0. The minimum atomic E-state index is -0.333. The van der Waals surface area contributed by atoms with Gasteiger partial charge in [0.05, 0.1) is 0 Å². The number of nitrogens with zero attached hydrogens (tertiary/aromatic N) is 5. The average molecular weight is 404 g/mol. The molecule has 3 aromatic rings.